The molecule has 2 atom stereocenters. The molecule has 46 heavy (non-hydrogen) atoms. The Hall–Kier alpha value is -3.89. The van der Waals surface area contributed by atoms with Gasteiger partial charge in [0.25, 0.3) is 0 Å². The van der Waals surface area contributed by atoms with Crippen molar-refractivity contribution in [3.8, 4) is 17.6 Å². The van der Waals surface area contributed by atoms with E-state index in [1.54, 1.807) is 6.07 Å². The fourth-order valence-corrected chi connectivity index (χ4v) is 7.37. The second kappa shape index (κ2) is 14.7. The van der Waals surface area contributed by atoms with Crippen molar-refractivity contribution in [1.29, 1.82) is 5.26 Å². The molecule has 2 aliphatic heterocycles. The number of halogens is 1. The maximum Gasteiger partial charge on any atom is 0.223 e. The average Bonchev–Trinajstić information content (AvgIpc) is 3.80. The molecule has 3 aromatic rings. The van der Waals surface area contributed by atoms with E-state index in [0.29, 0.717) is 24.5 Å². The van der Waals surface area contributed by atoms with Gasteiger partial charge in [-0.3, -0.25) is 4.79 Å². The highest BCUT2D eigenvalue weighted by Gasteiger charge is 2.40. The molecule has 1 saturated carbocycles. The lowest BCUT2D eigenvalue weighted by atomic mass is 9.85. The molecule has 1 aliphatic carbocycles. The maximum atomic E-state index is 13.7. The number of hydrogen-bond acceptors (Lipinski definition) is 5. The zero-order chi connectivity index (χ0) is 31.9. The van der Waals surface area contributed by atoms with Crippen molar-refractivity contribution < 1.29 is 18.7 Å². The molecule has 6 rings (SSSR count). The van der Waals surface area contributed by atoms with Crippen LogP contribution in [0.15, 0.2) is 60.7 Å². The van der Waals surface area contributed by atoms with Gasteiger partial charge in [-0.1, -0.05) is 36.8 Å². The maximum absolute atomic E-state index is 13.7. The summed E-state index contributed by atoms with van der Waals surface area (Å²) in [5.41, 5.74) is 4.45. The topological polar surface area (TPSA) is 74.6 Å². The third-order valence-corrected chi connectivity index (χ3v) is 10.1. The van der Waals surface area contributed by atoms with E-state index >= 15 is 0 Å². The van der Waals surface area contributed by atoms with Gasteiger partial charge in [-0.25, -0.2) is 4.39 Å². The first kappa shape index (κ1) is 32.1. The number of nitriles is 1. The Morgan fingerprint density at radius 2 is 1.83 bits per heavy atom. The standard InChI is InChI=1S/C39H46FN3O3/c1-28-10-12-30(23-36(28)45-35-8-3-4-9-35)32-24-38(44)43(27-32)21-6-2-5-19-42-20-7-18-39(33-14-16-34(40)17-15-33)25-31-13-11-29(26-41)22-37(31)46-39/h10-17,22-23,32,35,42H,2-9,18-21,24-25,27H2,1H3. The van der Waals surface area contributed by atoms with Crippen LogP contribution in [0.4, 0.5) is 4.39 Å². The van der Waals surface area contributed by atoms with Gasteiger partial charge in [-0.05, 0) is 124 Å². The number of ether oxygens (including phenoxy) is 2. The molecule has 3 aromatic carbocycles. The Kier molecular flexibility index (Phi) is 10.2. The minimum atomic E-state index is -0.560. The van der Waals surface area contributed by atoms with Gasteiger partial charge in [0.15, 0.2) is 0 Å². The predicted molar refractivity (Wildman–Crippen MR) is 178 cm³/mol. The normalized spacial score (nSPS) is 20.9. The predicted octanol–water partition coefficient (Wildman–Crippen LogP) is 7.71. The summed E-state index contributed by atoms with van der Waals surface area (Å²) in [6.45, 7) is 5.51. The number of fused-ring (bicyclic) bond motifs is 1. The molecule has 0 spiro atoms. The summed E-state index contributed by atoms with van der Waals surface area (Å²) in [7, 11) is 0. The molecule has 2 unspecified atom stereocenters. The average molecular weight is 624 g/mol. The highest BCUT2D eigenvalue weighted by Crippen LogP contribution is 2.44. The number of carbonyl (C=O) groups is 1. The van der Waals surface area contributed by atoms with E-state index in [1.807, 2.05) is 29.2 Å². The Morgan fingerprint density at radius 3 is 2.63 bits per heavy atom. The molecule has 0 radical (unpaired) electrons. The smallest absolute Gasteiger partial charge is 0.223 e. The third kappa shape index (κ3) is 7.56. The Labute approximate surface area is 272 Å². The van der Waals surface area contributed by atoms with E-state index in [0.717, 1.165) is 93.8 Å². The molecule has 6 nitrogen and oxygen atoms in total. The zero-order valence-electron chi connectivity index (χ0n) is 27.0. The molecule has 2 fully saturated rings. The summed E-state index contributed by atoms with van der Waals surface area (Å²) in [5.74, 6) is 1.97. The lowest BCUT2D eigenvalue weighted by molar-refractivity contribution is -0.127. The molecule has 1 amide bonds. The number of nitrogens with zero attached hydrogens (tertiary/aromatic N) is 2. The fraction of sp³-hybridized carbons (Fsp3) is 0.487. The van der Waals surface area contributed by atoms with Gasteiger partial charge in [0.1, 0.15) is 22.9 Å². The van der Waals surface area contributed by atoms with Gasteiger partial charge in [0.05, 0.1) is 17.7 Å². The lowest BCUT2D eigenvalue weighted by Crippen LogP contribution is -2.32. The van der Waals surface area contributed by atoms with E-state index in [4.69, 9.17) is 9.47 Å². The Bertz CT molecular complexity index is 1550. The molecule has 0 bridgehead atoms. The number of unbranched alkanes of at least 4 members (excludes halogenated alkanes) is 2. The Morgan fingerprint density at radius 1 is 1.02 bits per heavy atom. The van der Waals surface area contributed by atoms with E-state index < -0.39 is 5.60 Å². The van der Waals surface area contributed by atoms with E-state index in [-0.39, 0.29) is 17.6 Å². The number of likely N-dealkylation sites (tertiary alicyclic amines) is 1. The number of benzene rings is 3. The lowest BCUT2D eigenvalue weighted by Gasteiger charge is -2.30. The molecular formula is C39H46FN3O3. The number of rotatable bonds is 14. The number of aryl methyl sites for hydroxylation is 1. The number of nitrogens with one attached hydrogen (secondary N) is 1. The van der Waals surface area contributed by atoms with Gasteiger partial charge in [-0.2, -0.15) is 5.26 Å². The summed E-state index contributed by atoms with van der Waals surface area (Å²) in [6, 6.07) is 20.9. The van der Waals surface area contributed by atoms with Crippen LogP contribution in [0.1, 0.15) is 97.9 Å². The van der Waals surface area contributed by atoms with Crippen molar-refractivity contribution in [3.63, 3.8) is 0 Å². The third-order valence-electron chi connectivity index (χ3n) is 10.1. The van der Waals surface area contributed by atoms with Gasteiger partial charge in [0.2, 0.25) is 5.91 Å². The second-order valence-electron chi connectivity index (χ2n) is 13.4. The van der Waals surface area contributed by atoms with Crippen LogP contribution >= 0.6 is 0 Å². The SMILES string of the molecule is Cc1ccc(C2CC(=O)N(CCCCCNCCCC3(c4ccc(F)cc4)Cc4ccc(C#N)cc4O3)C2)cc1OC1CCCC1. The van der Waals surface area contributed by atoms with Gasteiger partial charge in [0, 0.05) is 31.8 Å². The van der Waals surface area contributed by atoms with Crippen LogP contribution < -0.4 is 14.8 Å². The highest BCUT2D eigenvalue weighted by atomic mass is 19.1. The summed E-state index contributed by atoms with van der Waals surface area (Å²) in [4.78, 5) is 14.9. The minimum Gasteiger partial charge on any atom is -0.490 e. The number of hydrogen-bond donors (Lipinski definition) is 1. The Balaban J connectivity index is 0.908. The summed E-state index contributed by atoms with van der Waals surface area (Å²) in [5, 5.41) is 12.9. The largest absolute Gasteiger partial charge is 0.490 e. The summed E-state index contributed by atoms with van der Waals surface area (Å²) >= 11 is 0. The van der Waals surface area contributed by atoms with Gasteiger partial charge < -0.3 is 19.7 Å². The molecule has 1 N–H and O–H groups in total. The first-order valence-corrected chi connectivity index (χ1v) is 17.2. The summed E-state index contributed by atoms with van der Waals surface area (Å²) < 4.78 is 26.6. The molecule has 0 aromatic heterocycles. The van der Waals surface area contributed by atoms with Crippen molar-refractivity contribution in [3.05, 3.63) is 94.3 Å². The van der Waals surface area contributed by atoms with Crippen molar-refractivity contribution in [2.75, 3.05) is 26.2 Å². The van der Waals surface area contributed by atoms with E-state index in [1.165, 1.54) is 36.1 Å². The van der Waals surface area contributed by atoms with E-state index in [9.17, 15) is 14.4 Å². The second-order valence-corrected chi connectivity index (χ2v) is 13.4. The van der Waals surface area contributed by atoms with Crippen molar-refractivity contribution in [1.82, 2.24) is 10.2 Å². The quantitative estimate of drug-likeness (QED) is 0.186. The van der Waals surface area contributed by atoms with Crippen molar-refractivity contribution in [2.45, 2.75) is 95.2 Å². The van der Waals surface area contributed by atoms with Crippen molar-refractivity contribution in [2.24, 2.45) is 0 Å². The molecular weight excluding hydrogens is 577 g/mol. The summed E-state index contributed by atoms with van der Waals surface area (Å²) in [6.07, 6.45) is 11.3. The van der Waals surface area contributed by atoms with Crippen LogP contribution in [0.3, 0.4) is 0 Å². The zero-order valence-corrected chi connectivity index (χ0v) is 27.0. The van der Waals surface area contributed by atoms with Crippen molar-refractivity contribution >= 4 is 5.91 Å². The number of amides is 1. The fourth-order valence-electron chi connectivity index (χ4n) is 7.37. The first-order chi connectivity index (χ1) is 22.4. The van der Waals surface area contributed by atoms with Crippen LogP contribution in [0.5, 0.6) is 11.5 Å². The van der Waals surface area contributed by atoms with E-state index in [2.05, 4.69) is 36.5 Å². The molecule has 1 saturated heterocycles. The van der Waals surface area contributed by atoms with Crippen LogP contribution in [0.2, 0.25) is 0 Å². The molecule has 3 aliphatic rings. The highest BCUT2D eigenvalue weighted by molar-refractivity contribution is 5.79. The van der Waals surface area contributed by atoms with Crippen LogP contribution in [0, 0.1) is 24.1 Å². The first-order valence-electron chi connectivity index (χ1n) is 17.2. The van der Waals surface area contributed by atoms with Crippen LogP contribution in [-0.2, 0) is 16.8 Å². The minimum absolute atomic E-state index is 0.240. The van der Waals surface area contributed by atoms with Crippen LogP contribution in [0.25, 0.3) is 0 Å². The monoisotopic (exact) mass is 623 g/mol. The molecule has 242 valence electrons. The van der Waals surface area contributed by atoms with Crippen LogP contribution in [-0.4, -0.2) is 43.1 Å². The number of carbonyl (C=O) groups excluding carboxylic acids is 1. The van der Waals surface area contributed by atoms with Gasteiger partial charge >= 0.3 is 0 Å². The van der Waals surface area contributed by atoms with Gasteiger partial charge in [-0.15, -0.1) is 0 Å². The molecule has 2 heterocycles. The molecule has 7 heteroatoms.